The van der Waals surface area contributed by atoms with Crippen LogP contribution in [0.15, 0.2) is 71.8 Å². The van der Waals surface area contributed by atoms with Gasteiger partial charge >= 0.3 is 0 Å². The summed E-state index contributed by atoms with van der Waals surface area (Å²) in [5.41, 5.74) is 5.40. The Bertz CT molecular complexity index is 995. The van der Waals surface area contributed by atoms with Crippen molar-refractivity contribution in [3.63, 3.8) is 0 Å². The molecule has 3 N–H and O–H groups in total. The Morgan fingerprint density at radius 2 is 1.71 bits per heavy atom. The molecule has 0 aliphatic carbocycles. The first-order chi connectivity index (χ1) is 13.5. The number of aryl methyl sites for hydroxylation is 1. The molecule has 0 atom stereocenters. The number of aromatic hydroxyl groups is 2. The normalized spacial score (nSPS) is 10.8. The molecular weight excluding hydrogens is 356 g/mol. The van der Waals surface area contributed by atoms with Gasteiger partial charge in [0.25, 0.3) is 5.91 Å². The highest BCUT2D eigenvalue weighted by molar-refractivity contribution is 5.95. The van der Waals surface area contributed by atoms with Crippen molar-refractivity contribution in [3.8, 4) is 17.2 Å². The minimum absolute atomic E-state index is 0.0961. The molecule has 0 aliphatic rings. The molecule has 0 unspecified atom stereocenters. The van der Waals surface area contributed by atoms with Gasteiger partial charge in [-0.05, 0) is 42.3 Å². The monoisotopic (exact) mass is 376 g/mol. The van der Waals surface area contributed by atoms with Crippen LogP contribution in [0.2, 0.25) is 0 Å². The third kappa shape index (κ3) is 4.88. The number of phenolic OH excluding ortho intramolecular Hbond substituents is 2. The lowest BCUT2D eigenvalue weighted by Gasteiger charge is -2.10. The number of benzene rings is 3. The highest BCUT2D eigenvalue weighted by Gasteiger charge is 2.08. The van der Waals surface area contributed by atoms with Gasteiger partial charge in [0, 0.05) is 17.2 Å². The van der Waals surface area contributed by atoms with Crippen LogP contribution >= 0.6 is 0 Å². The van der Waals surface area contributed by atoms with Gasteiger partial charge in [-0.2, -0.15) is 5.10 Å². The molecule has 0 radical (unpaired) electrons. The first kappa shape index (κ1) is 19.0. The summed E-state index contributed by atoms with van der Waals surface area (Å²) in [6.45, 7) is 2.45. The fourth-order valence-electron chi connectivity index (χ4n) is 2.60. The molecule has 3 rings (SSSR count). The molecule has 0 saturated heterocycles. The van der Waals surface area contributed by atoms with Crippen LogP contribution < -0.4 is 10.2 Å². The first-order valence-corrected chi connectivity index (χ1v) is 8.65. The molecule has 6 nitrogen and oxygen atoms in total. The number of nitrogens with one attached hydrogen (secondary N) is 1. The van der Waals surface area contributed by atoms with E-state index in [0.29, 0.717) is 17.9 Å². The average molecular weight is 376 g/mol. The topological polar surface area (TPSA) is 91.2 Å². The van der Waals surface area contributed by atoms with Gasteiger partial charge in [0.1, 0.15) is 23.9 Å². The number of carbonyl (C=O) groups excluding carboxylic acids is 1. The third-order valence-electron chi connectivity index (χ3n) is 4.10. The quantitative estimate of drug-likeness (QED) is 0.451. The Morgan fingerprint density at radius 3 is 2.46 bits per heavy atom. The van der Waals surface area contributed by atoms with E-state index in [0.717, 1.165) is 17.2 Å². The first-order valence-electron chi connectivity index (χ1n) is 8.65. The van der Waals surface area contributed by atoms with Crippen LogP contribution in [0, 0.1) is 6.92 Å². The van der Waals surface area contributed by atoms with Gasteiger partial charge in [-0.1, -0.05) is 36.4 Å². The van der Waals surface area contributed by atoms with Crippen LogP contribution in [-0.4, -0.2) is 22.3 Å². The van der Waals surface area contributed by atoms with E-state index in [1.807, 2.05) is 55.5 Å². The van der Waals surface area contributed by atoms with E-state index < -0.39 is 5.91 Å². The van der Waals surface area contributed by atoms with Gasteiger partial charge in [0.05, 0.1) is 6.21 Å². The summed E-state index contributed by atoms with van der Waals surface area (Å²) in [5.74, 6) is -0.326. The fourth-order valence-corrected chi connectivity index (χ4v) is 2.60. The third-order valence-corrected chi connectivity index (χ3v) is 4.10. The number of hydrogen-bond donors (Lipinski definition) is 3. The summed E-state index contributed by atoms with van der Waals surface area (Å²) >= 11 is 0. The maximum Gasteiger partial charge on any atom is 0.271 e. The maximum atomic E-state index is 12.1. The number of hydrazone groups is 1. The van der Waals surface area contributed by atoms with E-state index in [1.165, 1.54) is 18.3 Å². The fraction of sp³-hybridized carbons (Fsp3) is 0.0909. The van der Waals surface area contributed by atoms with E-state index in [4.69, 9.17) is 4.74 Å². The summed E-state index contributed by atoms with van der Waals surface area (Å²) in [5, 5.41) is 22.9. The minimum Gasteiger partial charge on any atom is -0.508 e. The molecule has 142 valence electrons. The lowest BCUT2D eigenvalue weighted by Crippen LogP contribution is -2.17. The van der Waals surface area contributed by atoms with Crippen molar-refractivity contribution in [3.05, 3.63) is 89.0 Å². The number of phenols is 2. The summed E-state index contributed by atoms with van der Waals surface area (Å²) in [7, 11) is 0. The lowest BCUT2D eigenvalue weighted by atomic mass is 10.1. The van der Waals surface area contributed by atoms with Gasteiger partial charge in [0.2, 0.25) is 0 Å². The number of nitrogens with zero attached hydrogens (tertiary/aromatic N) is 1. The van der Waals surface area contributed by atoms with E-state index in [1.54, 1.807) is 0 Å². The predicted molar refractivity (Wildman–Crippen MR) is 107 cm³/mol. The second-order valence-electron chi connectivity index (χ2n) is 6.19. The lowest BCUT2D eigenvalue weighted by molar-refractivity contribution is 0.0954. The van der Waals surface area contributed by atoms with Crippen LogP contribution in [0.1, 0.15) is 27.0 Å². The number of hydrogen-bond acceptors (Lipinski definition) is 5. The largest absolute Gasteiger partial charge is 0.508 e. The van der Waals surface area contributed by atoms with E-state index in [-0.39, 0.29) is 17.1 Å². The molecule has 0 bridgehead atoms. The molecule has 28 heavy (non-hydrogen) atoms. The zero-order valence-electron chi connectivity index (χ0n) is 15.3. The zero-order valence-corrected chi connectivity index (χ0v) is 15.3. The number of rotatable bonds is 6. The van der Waals surface area contributed by atoms with Gasteiger partial charge in [-0.3, -0.25) is 4.79 Å². The Morgan fingerprint density at radius 1 is 1.04 bits per heavy atom. The van der Waals surface area contributed by atoms with Gasteiger partial charge < -0.3 is 14.9 Å². The smallest absolute Gasteiger partial charge is 0.271 e. The SMILES string of the molecule is Cc1ccccc1COc1ccccc1C=NNC(=O)c1cc(O)cc(O)c1. The molecule has 0 aromatic heterocycles. The van der Waals surface area contributed by atoms with Crippen LogP contribution in [0.3, 0.4) is 0 Å². The second kappa shape index (κ2) is 8.73. The number of carbonyl (C=O) groups is 1. The maximum absolute atomic E-state index is 12.1. The molecule has 0 fully saturated rings. The molecular formula is C22H20N2O4. The Balaban J connectivity index is 1.67. The van der Waals surface area contributed by atoms with Crippen molar-refractivity contribution in [1.82, 2.24) is 5.43 Å². The molecule has 0 heterocycles. The molecule has 0 aliphatic heterocycles. The molecule has 3 aromatic rings. The molecule has 0 spiro atoms. The number of para-hydroxylation sites is 1. The highest BCUT2D eigenvalue weighted by Crippen LogP contribution is 2.21. The van der Waals surface area contributed by atoms with E-state index >= 15 is 0 Å². The molecule has 1 amide bonds. The van der Waals surface area contributed by atoms with Crippen molar-refractivity contribution >= 4 is 12.1 Å². The highest BCUT2D eigenvalue weighted by atomic mass is 16.5. The molecule has 0 saturated carbocycles. The average Bonchev–Trinajstić information content (AvgIpc) is 2.67. The Labute approximate surface area is 162 Å². The Hall–Kier alpha value is -3.80. The van der Waals surface area contributed by atoms with Gasteiger partial charge in [-0.15, -0.1) is 0 Å². The second-order valence-corrected chi connectivity index (χ2v) is 6.19. The summed E-state index contributed by atoms with van der Waals surface area (Å²) in [4.78, 5) is 12.1. The summed E-state index contributed by atoms with van der Waals surface area (Å²) in [6.07, 6.45) is 1.48. The number of ether oxygens (including phenoxy) is 1. The van der Waals surface area contributed by atoms with Gasteiger partial charge in [-0.25, -0.2) is 5.43 Å². The summed E-state index contributed by atoms with van der Waals surface area (Å²) < 4.78 is 5.91. The zero-order chi connectivity index (χ0) is 19.9. The standard InChI is InChI=1S/C22H20N2O4/c1-15-6-2-3-8-17(15)14-28-21-9-5-4-7-16(21)13-23-24-22(27)18-10-19(25)12-20(26)11-18/h2-13,25-26H,14H2,1H3,(H,24,27). The van der Waals surface area contributed by atoms with E-state index in [2.05, 4.69) is 10.5 Å². The minimum atomic E-state index is -0.555. The molecule has 6 heteroatoms. The van der Waals surface area contributed by atoms with Crippen LogP contribution in [0.4, 0.5) is 0 Å². The van der Waals surface area contributed by atoms with Crippen molar-refractivity contribution in [2.24, 2.45) is 5.10 Å². The molecule has 3 aromatic carbocycles. The van der Waals surface area contributed by atoms with Crippen LogP contribution in [-0.2, 0) is 6.61 Å². The van der Waals surface area contributed by atoms with Crippen molar-refractivity contribution in [2.75, 3.05) is 0 Å². The van der Waals surface area contributed by atoms with Crippen molar-refractivity contribution in [2.45, 2.75) is 13.5 Å². The summed E-state index contributed by atoms with van der Waals surface area (Å²) in [6, 6.07) is 19.0. The van der Waals surface area contributed by atoms with Crippen LogP contribution in [0.25, 0.3) is 0 Å². The van der Waals surface area contributed by atoms with Crippen molar-refractivity contribution in [1.29, 1.82) is 0 Å². The van der Waals surface area contributed by atoms with Crippen molar-refractivity contribution < 1.29 is 19.7 Å². The van der Waals surface area contributed by atoms with Crippen LogP contribution in [0.5, 0.6) is 17.2 Å². The van der Waals surface area contributed by atoms with Gasteiger partial charge in [0.15, 0.2) is 0 Å². The Kier molecular flexibility index (Phi) is 5.91. The number of amides is 1. The van der Waals surface area contributed by atoms with E-state index in [9.17, 15) is 15.0 Å². The predicted octanol–water partition coefficient (Wildman–Crippen LogP) is 3.75.